The summed E-state index contributed by atoms with van der Waals surface area (Å²) in [6.45, 7) is 2.54. The van der Waals surface area contributed by atoms with Crippen molar-refractivity contribution in [2.45, 2.75) is 19.4 Å². The molecule has 3 nitrogen and oxygen atoms in total. The molecule has 22 heavy (non-hydrogen) atoms. The summed E-state index contributed by atoms with van der Waals surface area (Å²) in [4.78, 5) is 15.7. The number of benzene rings is 1. The van der Waals surface area contributed by atoms with E-state index in [0.717, 1.165) is 19.5 Å². The van der Waals surface area contributed by atoms with Crippen LogP contribution in [-0.2, 0) is 17.8 Å². The predicted molar refractivity (Wildman–Crippen MR) is 88.0 cm³/mol. The molecule has 0 fully saturated rings. The SMILES string of the molecule is O=C(CCN1CCc2sccc2C1)Nc1ccc(Cl)cc1F. The van der Waals surface area contributed by atoms with Crippen LogP contribution in [0.25, 0.3) is 0 Å². The van der Waals surface area contributed by atoms with Gasteiger partial charge in [0.2, 0.25) is 5.91 Å². The highest BCUT2D eigenvalue weighted by atomic mass is 35.5. The summed E-state index contributed by atoms with van der Waals surface area (Å²) in [5, 5.41) is 5.02. The summed E-state index contributed by atoms with van der Waals surface area (Å²) >= 11 is 7.49. The molecule has 1 aromatic heterocycles. The molecule has 2 aromatic rings. The molecule has 3 rings (SSSR count). The fourth-order valence-electron chi connectivity index (χ4n) is 2.56. The van der Waals surface area contributed by atoms with Crippen LogP contribution >= 0.6 is 22.9 Å². The van der Waals surface area contributed by atoms with Crippen molar-refractivity contribution in [1.29, 1.82) is 0 Å². The van der Waals surface area contributed by atoms with E-state index in [-0.39, 0.29) is 11.6 Å². The second kappa shape index (κ2) is 6.77. The molecular weight excluding hydrogens is 323 g/mol. The van der Waals surface area contributed by atoms with E-state index in [4.69, 9.17) is 11.6 Å². The summed E-state index contributed by atoms with van der Waals surface area (Å²) in [7, 11) is 0. The van der Waals surface area contributed by atoms with Crippen LogP contribution in [0.15, 0.2) is 29.6 Å². The molecule has 1 aliphatic rings. The number of hydrogen-bond donors (Lipinski definition) is 1. The Kier molecular flexibility index (Phi) is 4.76. The standard InChI is InChI=1S/C16H16ClFN2OS/c17-12-1-2-14(13(18)9-12)19-16(21)4-7-20-6-3-15-11(10-20)5-8-22-15/h1-2,5,8-9H,3-4,6-7,10H2,(H,19,21). The van der Waals surface area contributed by atoms with E-state index in [1.54, 1.807) is 17.4 Å². The molecule has 0 unspecified atom stereocenters. The minimum absolute atomic E-state index is 0.174. The number of anilines is 1. The number of rotatable bonds is 4. The normalized spacial score (nSPS) is 14.6. The third kappa shape index (κ3) is 3.66. The quantitative estimate of drug-likeness (QED) is 0.916. The van der Waals surface area contributed by atoms with Crippen molar-refractivity contribution in [3.63, 3.8) is 0 Å². The third-order valence-electron chi connectivity index (χ3n) is 3.75. The Bertz CT molecular complexity index is 689. The maximum atomic E-state index is 13.6. The van der Waals surface area contributed by atoms with Crippen LogP contribution in [-0.4, -0.2) is 23.9 Å². The van der Waals surface area contributed by atoms with Crippen LogP contribution in [0.1, 0.15) is 16.9 Å². The molecule has 1 aromatic carbocycles. The second-order valence-corrected chi connectivity index (χ2v) is 6.75. The molecule has 0 bridgehead atoms. The number of nitrogens with one attached hydrogen (secondary N) is 1. The molecule has 1 aliphatic heterocycles. The molecule has 116 valence electrons. The first-order chi connectivity index (χ1) is 10.6. The molecule has 6 heteroatoms. The lowest BCUT2D eigenvalue weighted by Crippen LogP contribution is -2.32. The van der Waals surface area contributed by atoms with Gasteiger partial charge in [0.25, 0.3) is 0 Å². The number of hydrogen-bond acceptors (Lipinski definition) is 3. The molecule has 0 aliphatic carbocycles. The van der Waals surface area contributed by atoms with Crippen molar-refractivity contribution >= 4 is 34.5 Å². The molecule has 0 atom stereocenters. The van der Waals surface area contributed by atoms with Crippen LogP contribution in [0.5, 0.6) is 0 Å². The fraction of sp³-hybridized carbons (Fsp3) is 0.312. The van der Waals surface area contributed by atoms with Gasteiger partial charge >= 0.3 is 0 Å². The minimum atomic E-state index is -0.512. The summed E-state index contributed by atoms with van der Waals surface area (Å²) in [6, 6.07) is 6.38. The van der Waals surface area contributed by atoms with E-state index < -0.39 is 5.82 Å². The molecule has 0 saturated heterocycles. The van der Waals surface area contributed by atoms with Gasteiger partial charge in [-0.15, -0.1) is 11.3 Å². The first-order valence-electron chi connectivity index (χ1n) is 7.14. The lowest BCUT2D eigenvalue weighted by atomic mass is 10.1. The molecule has 1 amide bonds. The van der Waals surface area contributed by atoms with Gasteiger partial charge in [-0.05, 0) is 41.6 Å². The van der Waals surface area contributed by atoms with Crippen molar-refractivity contribution in [2.24, 2.45) is 0 Å². The van der Waals surface area contributed by atoms with E-state index >= 15 is 0 Å². The monoisotopic (exact) mass is 338 g/mol. The van der Waals surface area contributed by atoms with E-state index in [2.05, 4.69) is 21.7 Å². The van der Waals surface area contributed by atoms with Gasteiger partial charge in [0, 0.05) is 36.0 Å². The molecule has 0 saturated carbocycles. The fourth-order valence-corrected chi connectivity index (χ4v) is 3.61. The van der Waals surface area contributed by atoms with Crippen molar-refractivity contribution < 1.29 is 9.18 Å². The van der Waals surface area contributed by atoms with Crippen LogP contribution < -0.4 is 5.32 Å². The number of nitrogens with zero attached hydrogens (tertiary/aromatic N) is 1. The average Bonchev–Trinajstić information content (AvgIpc) is 2.95. The van der Waals surface area contributed by atoms with Crippen molar-refractivity contribution in [2.75, 3.05) is 18.4 Å². The molecule has 2 heterocycles. The van der Waals surface area contributed by atoms with E-state index in [9.17, 15) is 9.18 Å². The largest absolute Gasteiger partial charge is 0.324 e. The van der Waals surface area contributed by atoms with Gasteiger partial charge in [-0.1, -0.05) is 11.6 Å². The van der Waals surface area contributed by atoms with Crippen LogP contribution in [0.3, 0.4) is 0 Å². The zero-order chi connectivity index (χ0) is 15.5. The first kappa shape index (κ1) is 15.5. The number of halogens is 2. The van der Waals surface area contributed by atoms with Crippen LogP contribution in [0.2, 0.25) is 5.02 Å². The zero-order valence-corrected chi connectivity index (χ0v) is 13.5. The zero-order valence-electron chi connectivity index (χ0n) is 11.9. The second-order valence-electron chi connectivity index (χ2n) is 5.32. The van der Waals surface area contributed by atoms with Crippen molar-refractivity contribution in [3.05, 3.63) is 50.9 Å². The lowest BCUT2D eigenvalue weighted by Gasteiger charge is -2.26. The Morgan fingerprint density at radius 1 is 1.41 bits per heavy atom. The van der Waals surface area contributed by atoms with Gasteiger partial charge in [-0.25, -0.2) is 4.39 Å². The van der Waals surface area contributed by atoms with Crippen LogP contribution in [0.4, 0.5) is 10.1 Å². The summed E-state index contributed by atoms with van der Waals surface area (Å²) < 4.78 is 13.6. The number of carbonyl (C=O) groups is 1. The van der Waals surface area contributed by atoms with E-state index in [1.165, 1.54) is 22.6 Å². The average molecular weight is 339 g/mol. The Hall–Kier alpha value is -1.43. The molecular formula is C16H16ClFN2OS. The van der Waals surface area contributed by atoms with Gasteiger partial charge < -0.3 is 5.32 Å². The maximum absolute atomic E-state index is 13.6. The van der Waals surface area contributed by atoms with Crippen molar-refractivity contribution in [1.82, 2.24) is 4.90 Å². The number of thiophene rings is 1. The molecule has 1 N–H and O–H groups in total. The number of amides is 1. The van der Waals surface area contributed by atoms with Gasteiger partial charge in [-0.2, -0.15) is 0 Å². The van der Waals surface area contributed by atoms with Gasteiger partial charge in [-0.3, -0.25) is 9.69 Å². The first-order valence-corrected chi connectivity index (χ1v) is 8.40. The smallest absolute Gasteiger partial charge is 0.225 e. The van der Waals surface area contributed by atoms with E-state index in [0.29, 0.717) is 18.0 Å². The maximum Gasteiger partial charge on any atom is 0.225 e. The number of carbonyl (C=O) groups excluding carboxylic acids is 1. The lowest BCUT2D eigenvalue weighted by molar-refractivity contribution is -0.116. The molecule has 0 radical (unpaired) electrons. The Morgan fingerprint density at radius 2 is 2.27 bits per heavy atom. The highest BCUT2D eigenvalue weighted by Gasteiger charge is 2.18. The summed E-state index contributed by atoms with van der Waals surface area (Å²) in [6.07, 6.45) is 1.39. The molecule has 0 spiro atoms. The van der Waals surface area contributed by atoms with Crippen LogP contribution in [0, 0.1) is 5.82 Å². The predicted octanol–water partition coefficient (Wildman–Crippen LogP) is 3.93. The Balaban J connectivity index is 1.51. The topological polar surface area (TPSA) is 32.3 Å². The Labute approximate surface area is 137 Å². The van der Waals surface area contributed by atoms with Gasteiger partial charge in [0.15, 0.2) is 0 Å². The van der Waals surface area contributed by atoms with Crippen molar-refractivity contribution in [3.8, 4) is 0 Å². The number of fused-ring (bicyclic) bond motifs is 1. The minimum Gasteiger partial charge on any atom is -0.324 e. The van der Waals surface area contributed by atoms with Gasteiger partial charge in [0.1, 0.15) is 5.82 Å². The Morgan fingerprint density at radius 3 is 3.09 bits per heavy atom. The summed E-state index contributed by atoms with van der Waals surface area (Å²) in [5.41, 5.74) is 1.54. The highest BCUT2D eigenvalue weighted by Crippen LogP contribution is 2.24. The summed E-state index contributed by atoms with van der Waals surface area (Å²) in [5.74, 6) is -0.695. The van der Waals surface area contributed by atoms with E-state index in [1.807, 2.05) is 0 Å². The highest BCUT2D eigenvalue weighted by molar-refractivity contribution is 7.10. The van der Waals surface area contributed by atoms with Gasteiger partial charge in [0.05, 0.1) is 5.69 Å². The third-order valence-corrected chi connectivity index (χ3v) is 5.01.